The number of pyridine rings is 2. The van der Waals surface area contributed by atoms with Crippen molar-refractivity contribution in [1.29, 1.82) is 0 Å². The molecule has 0 saturated carbocycles. The number of likely N-dealkylation sites (N-methyl/N-ethyl adjacent to an activating group) is 1. The van der Waals surface area contributed by atoms with Crippen molar-refractivity contribution >= 4 is 23.3 Å². The Balaban J connectivity index is 1.87. The van der Waals surface area contributed by atoms with E-state index in [9.17, 15) is 4.79 Å². The number of nitrogen functional groups attached to an aromatic ring is 1. The second kappa shape index (κ2) is 8.82. The van der Waals surface area contributed by atoms with Gasteiger partial charge in [-0.2, -0.15) is 0 Å². The minimum atomic E-state index is -0.103. The van der Waals surface area contributed by atoms with E-state index in [4.69, 9.17) is 17.3 Å². The van der Waals surface area contributed by atoms with Crippen LogP contribution in [0.5, 0.6) is 0 Å². The molecule has 0 saturated heterocycles. The van der Waals surface area contributed by atoms with Crippen LogP contribution in [0.3, 0.4) is 0 Å². The predicted octanol–water partition coefficient (Wildman–Crippen LogP) is 3.34. The van der Waals surface area contributed by atoms with Gasteiger partial charge in [0, 0.05) is 47.7 Å². The Morgan fingerprint density at radius 2 is 1.86 bits per heavy atom. The molecule has 0 fully saturated rings. The van der Waals surface area contributed by atoms with Crippen LogP contribution in [-0.4, -0.2) is 48.0 Å². The molecule has 0 bridgehead atoms. The van der Waals surface area contributed by atoms with Crippen molar-refractivity contribution in [1.82, 2.24) is 20.2 Å². The largest absolute Gasteiger partial charge is 0.383 e. The molecular weight excluding hydrogens is 374 g/mol. The summed E-state index contributed by atoms with van der Waals surface area (Å²) in [6, 6.07) is 12.9. The number of amides is 1. The van der Waals surface area contributed by atoms with Gasteiger partial charge in [0.2, 0.25) is 0 Å². The summed E-state index contributed by atoms with van der Waals surface area (Å²) in [5.74, 6) is 0.305. The van der Waals surface area contributed by atoms with Crippen LogP contribution >= 0.6 is 11.6 Å². The first-order valence-corrected chi connectivity index (χ1v) is 9.22. The summed E-state index contributed by atoms with van der Waals surface area (Å²) < 4.78 is 0. The van der Waals surface area contributed by atoms with E-state index in [-0.39, 0.29) is 5.91 Å². The number of hydrogen-bond acceptors (Lipinski definition) is 5. The number of anilines is 1. The lowest BCUT2D eigenvalue weighted by Gasteiger charge is -2.12. The van der Waals surface area contributed by atoms with Gasteiger partial charge in [0.05, 0.1) is 0 Å². The molecule has 0 aliphatic rings. The Bertz CT molecular complexity index is 973. The average molecular weight is 396 g/mol. The monoisotopic (exact) mass is 395 g/mol. The zero-order valence-corrected chi connectivity index (χ0v) is 16.6. The van der Waals surface area contributed by atoms with E-state index in [1.54, 1.807) is 24.5 Å². The molecule has 0 aliphatic carbocycles. The second-order valence-electron chi connectivity index (χ2n) is 6.67. The van der Waals surface area contributed by atoms with Gasteiger partial charge in [-0.3, -0.25) is 4.79 Å². The number of nitrogens with one attached hydrogen (secondary N) is 1. The number of nitrogens with zero attached hydrogens (tertiary/aromatic N) is 3. The third-order valence-electron chi connectivity index (χ3n) is 4.26. The molecule has 3 rings (SSSR count). The highest BCUT2D eigenvalue weighted by Gasteiger charge is 2.10. The van der Waals surface area contributed by atoms with Crippen LogP contribution in [0, 0.1) is 0 Å². The summed E-state index contributed by atoms with van der Waals surface area (Å²) in [5, 5.41) is 3.34. The highest BCUT2D eigenvalue weighted by Crippen LogP contribution is 2.30. The average Bonchev–Trinajstić information content (AvgIpc) is 2.69. The zero-order valence-electron chi connectivity index (χ0n) is 15.8. The van der Waals surface area contributed by atoms with E-state index in [0.29, 0.717) is 23.1 Å². The van der Waals surface area contributed by atoms with Crippen LogP contribution in [0.15, 0.2) is 54.9 Å². The van der Waals surface area contributed by atoms with Crippen molar-refractivity contribution in [3.8, 4) is 22.3 Å². The van der Waals surface area contributed by atoms with Gasteiger partial charge >= 0.3 is 0 Å². The molecule has 0 unspecified atom stereocenters. The molecule has 6 nitrogen and oxygen atoms in total. The predicted molar refractivity (Wildman–Crippen MR) is 113 cm³/mol. The summed E-state index contributed by atoms with van der Waals surface area (Å²) >= 11 is 5.87. The second-order valence-corrected chi connectivity index (χ2v) is 7.05. The lowest BCUT2D eigenvalue weighted by atomic mass is 10.0. The molecule has 2 heterocycles. The number of nitrogens with two attached hydrogens (primary N) is 1. The summed E-state index contributed by atoms with van der Waals surface area (Å²) in [6.45, 7) is 1.37. The van der Waals surface area contributed by atoms with E-state index in [1.165, 1.54) is 0 Å². The number of hydrogen-bond donors (Lipinski definition) is 2. The van der Waals surface area contributed by atoms with Gasteiger partial charge in [-0.1, -0.05) is 23.7 Å². The van der Waals surface area contributed by atoms with Crippen molar-refractivity contribution in [2.45, 2.75) is 0 Å². The minimum Gasteiger partial charge on any atom is -0.383 e. The van der Waals surface area contributed by atoms with E-state index in [1.807, 2.05) is 49.3 Å². The first-order chi connectivity index (χ1) is 13.4. The molecule has 0 aliphatic heterocycles. The van der Waals surface area contributed by atoms with E-state index in [2.05, 4.69) is 15.3 Å². The lowest BCUT2D eigenvalue weighted by molar-refractivity contribution is 0.0951. The molecule has 0 radical (unpaired) electrons. The number of carbonyl (C=O) groups excluding carboxylic acids is 1. The molecule has 144 valence electrons. The molecule has 2 aromatic heterocycles. The van der Waals surface area contributed by atoms with Crippen molar-refractivity contribution in [2.75, 3.05) is 32.9 Å². The van der Waals surface area contributed by atoms with Crippen LogP contribution < -0.4 is 11.1 Å². The number of carbonyl (C=O) groups is 1. The highest BCUT2D eigenvalue weighted by molar-refractivity contribution is 6.29. The molecule has 1 amide bonds. The van der Waals surface area contributed by atoms with Crippen molar-refractivity contribution in [3.05, 3.63) is 65.6 Å². The number of aromatic nitrogens is 2. The van der Waals surface area contributed by atoms with Gasteiger partial charge in [-0.05, 0) is 50.0 Å². The summed E-state index contributed by atoms with van der Waals surface area (Å²) in [6.07, 6.45) is 3.36. The SMILES string of the molecule is CN(C)CCNC(=O)c1cccc(-c2cnc(N)c(-c3ccc(Cl)nc3)c2)c1. The summed E-state index contributed by atoms with van der Waals surface area (Å²) in [4.78, 5) is 22.8. The van der Waals surface area contributed by atoms with Crippen LogP contribution in [-0.2, 0) is 0 Å². The Hall–Kier alpha value is -2.96. The lowest BCUT2D eigenvalue weighted by Crippen LogP contribution is -2.31. The topological polar surface area (TPSA) is 84.1 Å². The number of benzene rings is 1. The van der Waals surface area contributed by atoms with Gasteiger partial charge in [-0.15, -0.1) is 0 Å². The molecular formula is C21H22ClN5O. The number of rotatable bonds is 6. The quantitative estimate of drug-likeness (QED) is 0.625. The smallest absolute Gasteiger partial charge is 0.251 e. The zero-order chi connectivity index (χ0) is 20.1. The Morgan fingerprint density at radius 3 is 2.57 bits per heavy atom. The maximum absolute atomic E-state index is 12.4. The fourth-order valence-electron chi connectivity index (χ4n) is 2.73. The maximum Gasteiger partial charge on any atom is 0.251 e. The van der Waals surface area contributed by atoms with E-state index >= 15 is 0 Å². The molecule has 3 N–H and O–H groups in total. The molecule has 28 heavy (non-hydrogen) atoms. The molecule has 0 spiro atoms. The fourth-order valence-corrected chi connectivity index (χ4v) is 2.85. The van der Waals surface area contributed by atoms with E-state index < -0.39 is 0 Å². The maximum atomic E-state index is 12.4. The third kappa shape index (κ3) is 4.85. The first-order valence-electron chi connectivity index (χ1n) is 8.85. The van der Waals surface area contributed by atoms with Gasteiger partial charge in [-0.25, -0.2) is 9.97 Å². The van der Waals surface area contributed by atoms with Crippen molar-refractivity contribution in [2.24, 2.45) is 0 Å². The van der Waals surface area contributed by atoms with Crippen molar-refractivity contribution in [3.63, 3.8) is 0 Å². The standard InChI is InChI=1S/C21H22ClN5O/c1-27(2)9-8-24-21(28)15-5-3-4-14(10-15)17-11-18(20(23)26-13-17)16-6-7-19(22)25-12-16/h3-7,10-13H,8-9H2,1-2H3,(H2,23,26)(H,24,28). The van der Waals surface area contributed by atoms with E-state index in [0.717, 1.165) is 28.8 Å². The van der Waals surface area contributed by atoms with Crippen LogP contribution in [0.2, 0.25) is 5.15 Å². The first kappa shape index (κ1) is 19.8. The summed E-state index contributed by atoms with van der Waals surface area (Å²) in [5.41, 5.74) is 10.00. The van der Waals surface area contributed by atoms with Gasteiger partial charge < -0.3 is 16.0 Å². The highest BCUT2D eigenvalue weighted by atomic mass is 35.5. The summed E-state index contributed by atoms with van der Waals surface area (Å²) in [7, 11) is 3.93. The molecule has 7 heteroatoms. The minimum absolute atomic E-state index is 0.103. The Morgan fingerprint density at radius 1 is 1.07 bits per heavy atom. The Kier molecular flexibility index (Phi) is 6.23. The van der Waals surface area contributed by atoms with Crippen molar-refractivity contribution < 1.29 is 4.79 Å². The van der Waals surface area contributed by atoms with Gasteiger partial charge in [0.25, 0.3) is 5.91 Å². The third-order valence-corrected chi connectivity index (χ3v) is 4.48. The fraction of sp³-hybridized carbons (Fsp3) is 0.190. The normalized spacial score (nSPS) is 10.9. The van der Waals surface area contributed by atoms with Gasteiger partial charge in [0.15, 0.2) is 0 Å². The van der Waals surface area contributed by atoms with Crippen LogP contribution in [0.4, 0.5) is 5.82 Å². The van der Waals surface area contributed by atoms with Gasteiger partial charge in [0.1, 0.15) is 11.0 Å². The van der Waals surface area contributed by atoms with Crippen LogP contribution in [0.1, 0.15) is 10.4 Å². The van der Waals surface area contributed by atoms with Crippen LogP contribution in [0.25, 0.3) is 22.3 Å². The Labute approximate surface area is 169 Å². The number of halogens is 1. The molecule has 0 atom stereocenters. The molecule has 3 aromatic rings. The molecule has 1 aromatic carbocycles.